The summed E-state index contributed by atoms with van der Waals surface area (Å²) in [6.07, 6.45) is 0. The number of benzene rings is 2. The van der Waals surface area contributed by atoms with Gasteiger partial charge in [-0.1, -0.05) is 47.6 Å². The molecule has 0 fully saturated rings. The van der Waals surface area contributed by atoms with E-state index in [1.165, 1.54) is 12.1 Å². The third-order valence-corrected chi connectivity index (χ3v) is 4.57. The van der Waals surface area contributed by atoms with E-state index in [-0.39, 0.29) is 10.8 Å². The maximum atomic E-state index is 11.4. The van der Waals surface area contributed by atoms with Gasteiger partial charge in [0.25, 0.3) is 0 Å². The molecule has 0 aliphatic carbocycles. The zero-order valence-electron chi connectivity index (χ0n) is 11.9. The first kappa shape index (κ1) is 15.7. The van der Waals surface area contributed by atoms with Gasteiger partial charge in [0.05, 0.1) is 16.3 Å². The van der Waals surface area contributed by atoms with E-state index in [2.05, 4.69) is 5.16 Å². The Labute approximate surface area is 138 Å². The summed E-state index contributed by atoms with van der Waals surface area (Å²) in [7, 11) is -3.73. The van der Waals surface area contributed by atoms with Crippen LogP contribution in [0.25, 0.3) is 22.4 Å². The highest BCUT2D eigenvalue weighted by molar-refractivity contribution is 7.89. The molecule has 0 bridgehead atoms. The molecule has 0 aliphatic rings. The smallest absolute Gasteiger partial charge is 0.238 e. The van der Waals surface area contributed by atoms with E-state index >= 15 is 0 Å². The number of halogens is 1. The number of nitrogens with zero attached hydrogens (tertiary/aromatic N) is 1. The Kier molecular flexibility index (Phi) is 4.21. The van der Waals surface area contributed by atoms with Crippen LogP contribution in [0.1, 0.15) is 5.76 Å². The van der Waals surface area contributed by atoms with Gasteiger partial charge in [-0.3, -0.25) is 0 Å². The Bertz CT molecular complexity index is 920. The van der Waals surface area contributed by atoms with Crippen LogP contribution in [-0.2, 0) is 15.9 Å². The Balaban J connectivity index is 2.14. The number of alkyl halides is 1. The quantitative estimate of drug-likeness (QED) is 0.732. The highest BCUT2D eigenvalue weighted by Gasteiger charge is 2.19. The zero-order valence-corrected chi connectivity index (χ0v) is 13.5. The van der Waals surface area contributed by atoms with Gasteiger partial charge in [-0.15, -0.1) is 11.6 Å². The second kappa shape index (κ2) is 6.16. The molecule has 0 amide bonds. The summed E-state index contributed by atoms with van der Waals surface area (Å²) in [4.78, 5) is 0.0476. The van der Waals surface area contributed by atoms with Crippen LogP contribution >= 0.6 is 11.6 Å². The van der Waals surface area contributed by atoms with Gasteiger partial charge in [-0.05, 0) is 17.7 Å². The molecule has 1 aromatic heterocycles. The molecule has 2 N–H and O–H groups in total. The molecule has 0 atom stereocenters. The lowest BCUT2D eigenvalue weighted by Crippen LogP contribution is -2.11. The van der Waals surface area contributed by atoms with Crippen LogP contribution in [0, 0.1) is 0 Å². The van der Waals surface area contributed by atoms with E-state index in [1.807, 2.05) is 30.3 Å². The number of nitrogens with two attached hydrogens (primary N) is 1. The van der Waals surface area contributed by atoms with Crippen LogP contribution in [0.3, 0.4) is 0 Å². The van der Waals surface area contributed by atoms with Gasteiger partial charge < -0.3 is 4.52 Å². The topological polar surface area (TPSA) is 86.2 Å². The van der Waals surface area contributed by atoms with Crippen LogP contribution in [0.2, 0.25) is 0 Å². The standard InChI is InChI=1S/C16H13ClN2O3S/c17-10-14-15(11-6-8-13(9-7-11)23(18,20)21)16(19-22-14)12-4-2-1-3-5-12/h1-9H,10H2,(H2,18,20,21). The zero-order chi connectivity index (χ0) is 16.4. The van der Waals surface area contributed by atoms with Crippen molar-refractivity contribution in [2.24, 2.45) is 5.14 Å². The Morgan fingerprint density at radius 2 is 1.65 bits per heavy atom. The highest BCUT2D eigenvalue weighted by atomic mass is 35.5. The van der Waals surface area contributed by atoms with Gasteiger partial charge in [-0.2, -0.15) is 0 Å². The summed E-state index contributed by atoms with van der Waals surface area (Å²) >= 11 is 5.94. The van der Waals surface area contributed by atoms with Crippen molar-refractivity contribution in [1.82, 2.24) is 5.16 Å². The summed E-state index contributed by atoms with van der Waals surface area (Å²) in [6, 6.07) is 15.8. The largest absolute Gasteiger partial charge is 0.359 e. The van der Waals surface area contributed by atoms with Crippen molar-refractivity contribution >= 4 is 21.6 Å². The van der Waals surface area contributed by atoms with Crippen LogP contribution in [0.15, 0.2) is 64.0 Å². The minimum Gasteiger partial charge on any atom is -0.359 e. The molecule has 5 nitrogen and oxygen atoms in total. The third kappa shape index (κ3) is 3.14. The van der Waals surface area contributed by atoms with E-state index in [9.17, 15) is 8.42 Å². The molecule has 1 heterocycles. The normalized spacial score (nSPS) is 11.6. The molecule has 118 valence electrons. The van der Waals surface area contributed by atoms with Crippen molar-refractivity contribution in [2.75, 3.05) is 0 Å². The van der Waals surface area contributed by atoms with Gasteiger partial charge in [0.2, 0.25) is 10.0 Å². The van der Waals surface area contributed by atoms with Crippen LogP contribution in [-0.4, -0.2) is 13.6 Å². The predicted molar refractivity (Wildman–Crippen MR) is 88.3 cm³/mol. The fourth-order valence-corrected chi connectivity index (χ4v) is 3.02. The lowest BCUT2D eigenvalue weighted by Gasteiger charge is -2.05. The second-order valence-corrected chi connectivity index (χ2v) is 6.73. The molecule has 0 saturated carbocycles. The van der Waals surface area contributed by atoms with Crippen molar-refractivity contribution in [2.45, 2.75) is 10.8 Å². The number of primary sulfonamides is 1. The van der Waals surface area contributed by atoms with Crippen LogP contribution in [0.4, 0.5) is 0 Å². The predicted octanol–water partition coefficient (Wildman–Crippen LogP) is 3.39. The van der Waals surface area contributed by atoms with Crippen molar-refractivity contribution < 1.29 is 12.9 Å². The van der Waals surface area contributed by atoms with E-state index in [0.717, 1.165) is 16.7 Å². The average Bonchev–Trinajstić information content (AvgIpc) is 2.99. The van der Waals surface area contributed by atoms with Crippen molar-refractivity contribution in [3.63, 3.8) is 0 Å². The Hall–Kier alpha value is -2.15. The summed E-state index contributed by atoms with van der Waals surface area (Å²) in [6.45, 7) is 0. The monoisotopic (exact) mass is 348 g/mol. The third-order valence-electron chi connectivity index (χ3n) is 3.40. The number of rotatable bonds is 4. The number of sulfonamides is 1. The molecule has 0 unspecified atom stereocenters. The Morgan fingerprint density at radius 3 is 2.22 bits per heavy atom. The van der Waals surface area contributed by atoms with Gasteiger partial charge >= 0.3 is 0 Å². The van der Waals surface area contributed by atoms with Gasteiger partial charge in [0.15, 0.2) is 5.76 Å². The molecule has 3 aromatic rings. The number of hydrogen-bond acceptors (Lipinski definition) is 4. The van der Waals surface area contributed by atoms with Crippen molar-refractivity contribution in [3.8, 4) is 22.4 Å². The second-order valence-electron chi connectivity index (χ2n) is 4.90. The van der Waals surface area contributed by atoms with Gasteiger partial charge in [-0.25, -0.2) is 13.6 Å². The number of aromatic nitrogens is 1. The number of hydrogen-bond donors (Lipinski definition) is 1. The first-order chi connectivity index (χ1) is 11.0. The first-order valence-corrected chi connectivity index (χ1v) is 8.82. The summed E-state index contributed by atoms with van der Waals surface area (Å²) < 4.78 is 28.1. The molecule has 0 saturated heterocycles. The summed E-state index contributed by atoms with van der Waals surface area (Å²) in [5, 5.41) is 9.23. The molecule has 7 heteroatoms. The first-order valence-electron chi connectivity index (χ1n) is 6.74. The fourth-order valence-electron chi connectivity index (χ4n) is 2.32. The molecule has 23 heavy (non-hydrogen) atoms. The maximum Gasteiger partial charge on any atom is 0.238 e. The van der Waals surface area contributed by atoms with Gasteiger partial charge in [0, 0.05) is 5.56 Å². The molecule has 3 rings (SSSR count). The van der Waals surface area contributed by atoms with E-state index < -0.39 is 10.0 Å². The maximum absolute atomic E-state index is 11.4. The lowest BCUT2D eigenvalue weighted by atomic mass is 9.99. The minimum absolute atomic E-state index is 0.0476. The van der Waals surface area contributed by atoms with Gasteiger partial charge in [0.1, 0.15) is 5.69 Å². The molecule has 0 aliphatic heterocycles. The molecular formula is C16H13ClN2O3S. The van der Waals surface area contributed by atoms with Crippen molar-refractivity contribution in [3.05, 3.63) is 60.4 Å². The minimum atomic E-state index is -3.73. The summed E-state index contributed by atoms with van der Waals surface area (Å²) in [5.74, 6) is 0.681. The SMILES string of the molecule is NS(=O)(=O)c1ccc(-c2c(-c3ccccc3)noc2CCl)cc1. The average molecular weight is 349 g/mol. The highest BCUT2D eigenvalue weighted by Crippen LogP contribution is 2.35. The molecular weight excluding hydrogens is 336 g/mol. The fraction of sp³-hybridized carbons (Fsp3) is 0.0625. The molecule has 0 radical (unpaired) electrons. The lowest BCUT2D eigenvalue weighted by molar-refractivity contribution is 0.397. The summed E-state index contributed by atoms with van der Waals surface area (Å²) in [5.41, 5.74) is 3.04. The van der Waals surface area contributed by atoms with Crippen LogP contribution in [0.5, 0.6) is 0 Å². The van der Waals surface area contributed by atoms with E-state index in [0.29, 0.717) is 11.5 Å². The van der Waals surface area contributed by atoms with E-state index in [1.54, 1.807) is 12.1 Å². The molecule has 2 aromatic carbocycles. The van der Waals surface area contributed by atoms with Crippen molar-refractivity contribution in [1.29, 1.82) is 0 Å². The van der Waals surface area contributed by atoms with E-state index in [4.69, 9.17) is 21.3 Å². The Morgan fingerprint density at radius 1 is 1.00 bits per heavy atom. The van der Waals surface area contributed by atoms with Crippen LogP contribution < -0.4 is 5.14 Å². The molecule has 0 spiro atoms.